The Hall–Kier alpha value is -3.54. The van der Waals surface area contributed by atoms with E-state index in [0.29, 0.717) is 24.3 Å². The molecular formula is C26H27N3O7S. The summed E-state index contributed by atoms with van der Waals surface area (Å²) < 4.78 is 32.2. The number of likely N-dealkylation sites (N-methyl/N-ethyl adjacent to an activating group) is 1. The summed E-state index contributed by atoms with van der Waals surface area (Å²) in [6, 6.07) is 12.2. The predicted octanol–water partition coefficient (Wildman–Crippen LogP) is 1.67. The number of aliphatic hydroxyl groups excluding tert-OH is 1. The summed E-state index contributed by atoms with van der Waals surface area (Å²) >= 11 is 0. The number of aliphatic hydroxyl groups is 1. The number of hydrogen-bond donors (Lipinski definition) is 1. The van der Waals surface area contributed by atoms with Crippen LogP contribution in [-0.2, 0) is 34.7 Å². The van der Waals surface area contributed by atoms with Gasteiger partial charge in [0.25, 0.3) is 17.6 Å². The molecule has 0 radical (unpaired) electrons. The molecule has 11 heteroatoms. The number of sulfonamides is 1. The molecule has 5 rings (SSSR count). The van der Waals surface area contributed by atoms with Crippen molar-refractivity contribution >= 4 is 39.1 Å². The molecule has 0 aromatic heterocycles. The molecule has 10 nitrogen and oxygen atoms in total. The zero-order valence-electron chi connectivity index (χ0n) is 20.7. The van der Waals surface area contributed by atoms with Crippen LogP contribution in [-0.4, -0.2) is 80.7 Å². The van der Waals surface area contributed by atoms with Crippen molar-refractivity contribution in [3.63, 3.8) is 0 Å². The van der Waals surface area contributed by atoms with E-state index in [1.165, 1.54) is 48.2 Å². The molecule has 1 spiro atoms. The van der Waals surface area contributed by atoms with Crippen molar-refractivity contribution in [3.8, 4) is 0 Å². The van der Waals surface area contributed by atoms with Crippen LogP contribution in [0.4, 0.5) is 5.69 Å². The molecule has 0 aliphatic carbocycles. The fraction of sp³-hybridized carbons (Fsp3) is 0.346. The first-order chi connectivity index (χ1) is 17.5. The maximum Gasteiger partial charge on any atom is 0.296 e. The third kappa shape index (κ3) is 3.52. The summed E-state index contributed by atoms with van der Waals surface area (Å²) in [4.78, 5) is 43.5. The minimum Gasteiger partial charge on any atom is -0.507 e. The van der Waals surface area contributed by atoms with Gasteiger partial charge >= 0.3 is 0 Å². The normalized spacial score (nSPS) is 25.1. The number of nitrogens with zero attached hydrogens (tertiary/aromatic N) is 3. The highest BCUT2D eigenvalue weighted by Crippen LogP contribution is 2.53. The monoisotopic (exact) mass is 525 g/mol. The number of rotatable bonds is 5. The number of hydrogen-bond acceptors (Lipinski definition) is 7. The molecule has 2 unspecified atom stereocenters. The van der Waals surface area contributed by atoms with E-state index in [9.17, 15) is 27.9 Å². The average molecular weight is 526 g/mol. The quantitative estimate of drug-likeness (QED) is 0.358. The van der Waals surface area contributed by atoms with Crippen LogP contribution in [0.2, 0.25) is 0 Å². The number of anilines is 1. The molecule has 2 aromatic carbocycles. The van der Waals surface area contributed by atoms with E-state index < -0.39 is 44.5 Å². The van der Waals surface area contributed by atoms with Crippen LogP contribution < -0.4 is 4.90 Å². The van der Waals surface area contributed by atoms with Gasteiger partial charge in [-0.1, -0.05) is 30.3 Å². The molecule has 2 aromatic rings. The van der Waals surface area contributed by atoms with E-state index in [2.05, 4.69) is 0 Å². The lowest BCUT2D eigenvalue weighted by Gasteiger charge is -2.35. The smallest absolute Gasteiger partial charge is 0.296 e. The van der Waals surface area contributed by atoms with Crippen molar-refractivity contribution in [1.82, 2.24) is 9.21 Å². The van der Waals surface area contributed by atoms with Crippen molar-refractivity contribution in [2.75, 3.05) is 39.2 Å². The van der Waals surface area contributed by atoms with Crippen molar-refractivity contribution < 1.29 is 32.6 Å². The van der Waals surface area contributed by atoms with Gasteiger partial charge in [-0.2, -0.15) is 0 Å². The summed E-state index contributed by atoms with van der Waals surface area (Å²) in [5, 5.41) is 11.5. The lowest BCUT2D eigenvalue weighted by molar-refractivity contribution is -0.145. The summed E-state index contributed by atoms with van der Waals surface area (Å²) in [7, 11) is 0.443. The lowest BCUT2D eigenvalue weighted by atomic mass is 9.81. The second kappa shape index (κ2) is 8.79. The van der Waals surface area contributed by atoms with Crippen LogP contribution >= 0.6 is 0 Å². The Labute approximate surface area is 214 Å². The lowest BCUT2D eigenvalue weighted by Crippen LogP contribution is -2.53. The van der Waals surface area contributed by atoms with Crippen molar-refractivity contribution in [3.05, 3.63) is 65.2 Å². The van der Waals surface area contributed by atoms with E-state index >= 15 is 0 Å². The molecule has 2 saturated heterocycles. The Kier molecular flexibility index (Phi) is 5.97. The molecule has 0 saturated carbocycles. The summed E-state index contributed by atoms with van der Waals surface area (Å²) in [6.45, 7) is 0.503. The number of benzene rings is 2. The zero-order valence-corrected chi connectivity index (χ0v) is 21.5. The van der Waals surface area contributed by atoms with E-state index in [1.54, 1.807) is 31.3 Å². The number of carbonyl (C=O) groups excluding carboxylic acids is 3. The van der Waals surface area contributed by atoms with Gasteiger partial charge in [0.15, 0.2) is 5.54 Å². The number of amides is 2. The fourth-order valence-electron chi connectivity index (χ4n) is 5.37. The second-order valence-corrected chi connectivity index (χ2v) is 11.7. The largest absolute Gasteiger partial charge is 0.507 e. The van der Waals surface area contributed by atoms with Crippen LogP contribution in [0.15, 0.2) is 59.0 Å². The summed E-state index contributed by atoms with van der Waals surface area (Å²) in [6.07, 6.45) is 1.09. The van der Waals surface area contributed by atoms with Crippen LogP contribution in [0.25, 0.3) is 5.76 Å². The molecule has 1 N–H and O–H groups in total. The third-order valence-corrected chi connectivity index (χ3v) is 9.05. The van der Waals surface area contributed by atoms with Gasteiger partial charge in [0.2, 0.25) is 10.0 Å². The maximum absolute atomic E-state index is 14.0. The van der Waals surface area contributed by atoms with Gasteiger partial charge in [0, 0.05) is 51.1 Å². The Morgan fingerprint density at radius 3 is 2.54 bits per heavy atom. The number of fused-ring (bicyclic) bond motifs is 2. The highest BCUT2D eigenvalue weighted by Gasteiger charge is 2.67. The number of para-hydroxylation sites is 1. The molecule has 37 heavy (non-hydrogen) atoms. The number of ether oxygens (including phenoxy) is 1. The van der Waals surface area contributed by atoms with E-state index in [-0.39, 0.29) is 23.1 Å². The molecule has 3 aliphatic heterocycles. The van der Waals surface area contributed by atoms with Gasteiger partial charge in [-0.25, -0.2) is 12.7 Å². The number of Topliss-reactive ketones (excluding diaryl/α,β-unsaturated/α-hetero) is 1. The van der Waals surface area contributed by atoms with E-state index in [4.69, 9.17) is 4.74 Å². The van der Waals surface area contributed by atoms with Gasteiger partial charge in [0.1, 0.15) is 5.76 Å². The average Bonchev–Trinajstić information content (AvgIpc) is 3.54. The topological polar surface area (TPSA) is 125 Å². The summed E-state index contributed by atoms with van der Waals surface area (Å²) in [5.74, 6) is -3.13. The van der Waals surface area contributed by atoms with Crippen LogP contribution in [0, 0.1) is 0 Å². The van der Waals surface area contributed by atoms with Crippen LogP contribution in [0.5, 0.6) is 0 Å². The van der Waals surface area contributed by atoms with Crippen molar-refractivity contribution in [2.45, 2.75) is 29.4 Å². The molecule has 3 heterocycles. The maximum atomic E-state index is 14.0. The van der Waals surface area contributed by atoms with Crippen molar-refractivity contribution in [1.29, 1.82) is 0 Å². The molecule has 2 fully saturated rings. The van der Waals surface area contributed by atoms with Gasteiger partial charge in [0.05, 0.1) is 16.6 Å². The van der Waals surface area contributed by atoms with Crippen molar-refractivity contribution in [2.24, 2.45) is 0 Å². The number of likely N-dealkylation sites (tertiary alicyclic amines) is 1. The van der Waals surface area contributed by atoms with Gasteiger partial charge < -0.3 is 19.6 Å². The SMILES string of the molecule is CN1C(=O)C2(/C(=C(/O)c3cccc(S(=O)(=O)N(C)C)c3)C(=O)C(=O)N2CC2CCCO2)c2ccccc21. The predicted molar refractivity (Wildman–Crippen MR) is 134 cm³/mol. The third-order valence-electron chi connectivity index (χ3n) is 7.24. The highest BCUT2D eigenvalue weighted by molar-refractivity contribution is 7.89. The van der Waals surface area contributed by atoms with E-state index in [0.717, 1.165) is 10.7 Å². The number of carbonyl (C=O) groups is 3. The zero-order chi connectivity index (χ0) is 26.7. The molecule has 2 amide bonds. The van der Waals surface area contributed by atoms with Crippen LogP contribution in [0.1, 0.15) is 24.0 Å². The minimum absolute atomic E-state index is 0.00255. The molecule has 3 aliphatic rings. The first kappa shape index (κ1) is 25.1. The number of ketones is 1. The van der Waals surface area contributed by atoms with Crippen LogP contribution in [0.3, 0.4) is 0 Å². The van der Waals surface area contributed by atoms with Gasteiger partial charge in [-0.15, -0.1) is 0 Å². The Bertz CT molecular complexity index is 1460. The summed E-state index contributed by atoms with van der Waals surface area (Å²) in [5.41, 5.74) is -1.42. The molecule has 2 atom stereocenters. The second-order valence-electron chi connectivity index (χ2n) is 9.51. The minimum atomic E-state index is -3.86. The van der Waals surface area contributed by atoms with E-state index in [1.807, 2.05) is 0 Å². The standard InChI is InChI=1S/C26H27N3O7S/c1-27(2)37(34,35)18-10-6-8-16(14-18)22(30)21-23(31)24(32)29(15-17-9-7-13-36-17)26(21)19-11-4-5-12-20(19)28(3)25(26)33/h4-6,8,10-12,14,17,30H,7,9,13,15H2,1-3H3/b22-21+. The molecular weight excluding hydrogens is 498 g/mol. The van der Waals surface area contributed by atoms with Gasteiger partial charge in [-0.05, 0) is 31.0 Å². The Morgan fingerprint density at radius 1 is 1.14 bits per heavy atom. The first-order valence-electron chi connectivity index (χ1n) is 11.8. The first-order valence-corrected chi connectivity index (χ1v) is 13.3. The van der Waals surface area contributed by atoms with Gasteiger partial charge in [-0.3, -0.25) is 14.4 Å². The Balaban J connectivity index is 1.77. The molecule has 194 valence electrons. The Morgan fingerprint density at radius 2 is 1.86 bits per heavy atom. The fourth-order valence-corrected chi connectivity index (χ4v) is 6.32. The molecule has 0 bridgehead atoms. The highest BCUT2D eigenvalue weighted by atomic mass is 32.2.